The van der Waals surface area contributed by atoms with Crippen LogP contribution in [0.3, 0.4) is 0 Å². The average molecular weight is 523 g/mol. The Balaban J connectivity index is 0.00000256. The summed E-state index contributed by atoms with van der Waals surface area (Å²) in [6.07, 6.45) is 5.00. The number of aromatic amines is 1. The van der Waals surface area contributed by atoms with Crippen molar-refractivity contribution in [2.24, 2.45) is 4.99 Å². The maximum atomic E-state index is 12.5. The van der Waals surface area contributed by atoms with Crippen molar-refractivity contribution in [2.75, 3.05) is 26.7 Å². The number of fused-ring (bicyclic) bond motifs is 1. The second-order valence-corrected chi connectivity index (χ2v) is 7.73. The molecular formula is C21H30IN7O. The van der Waals surface area contributed by atoms with E-state index in [1.54, 1.807) is 6.33 Å². The Hall–Kier alpha value is -2.17. The molecule has 2 aliphatic heterocycles. The number of aliphatic imine (C=N–C) groups is 1. The predicted molar refractivity (Wildman–Crippen MR) is 127 cm³/mol. The van der Waals surface area contributed by atoms with Gasteiger partial charge in [-0.05, 0) is 30.4 Å². The number of aromatic nitrogens is 3. The Morgan fingerprint density at radius 3 is 2.50 bits per heavy atom. The number of nitrogens with one attached hydrogen (secondary N) is 2. The van der Waals surface area contributed by atoms with Crippen LogP contribution in [0.2, 0.25) is 0 Å². The maximum Gasteiger partial charge on any atom is 0.223 e. The number of amides is 1. The van der Waals surface area contributed by atoms with Crippen LogP contribution < -0.4 is 5.32 Å². The first-order valence-electron chi connectivity index (χ1n) is 10.4. The van der Waals surface area contributed by atoms with E-state index in [1.807, 2.05) is 24.1 Å². The minimum absolute atomic E-state index is 0. The number of H-pyrrole nitrogens is 1. The molecule has 8 nitrogen and oxygen atoms in total. The van der Waals surface area contributed by atoms with Gasteiger partial charge in [0.15, 0.2) is 5.96 Å². The quantitative estimate of drug-likeness (QED) is 0.272. The van der Waals surface area contributed by atoms with Gasteiger partial charge < -0.3 is 15.1 Å². The number of benzene rings is 1. The van der Waals surface area contributed by atoms with Crippen LogP contribution in [0.25, 0.3) is 0 Å². The van der Waals surface area contributed by atoms with Crippen molar-refractivity contribution < 1.29 is 4.79 Å². The molecule has 4 rings (SSSR count). The summed E-state index contributed by atoms with van der Waals surface area (Å²) in [6.45, 7) is 4.11. The third-order valence-corrected chi connectivity index (χ3v) is 5.87. The first kappa shape index (κ1) is 22.5. The smallest absolute Gasteiger partial charge is 0.223 e. The monoisotopic (exact) mass is 523 g/mol. The van der Waals surface area contributed by atoms with Gasteiger partial charge in [0.1, 0.15) is 12.2 Å². The van der Waals surface area contributed by atoms with E-state index in [4.69, 9.17) is 0 Å². The molecule has 0 spiro atoms. The fourth-order valence-corrected chi connectivity index (χ4v) is 4.22. The number of hydrogen-bond donors (Lipinski definition) is 2. The standard InChI is InChI=1S/C21H29N7O.HI/c1-22-21(27-11-8-16(9-12-27)20-24-15-25-26-20)23-10-4-7-19(29)28-13-17-5-2-3-6-18(17)14-28;/h2-3,5-6,15-16H,4,7-14H2,1H3,(H,22,23)(H,24,25,26);1H. The van der Waals surface area contributed by atoms with Crippen LogP contribution in [0.1, 0.15) is 48.6 Å². The van der Waals surface area contributed by atoms with Crippen LogP contribution in [0, 0.1) is 0 Å². The molecule has 0 unspecified atom stereocenters. The highest BCUT2D eigenvalue weighted by molar-refractivity contribution is 14.0. The molecule has 1 aromatic carbocycles. The topological polar surface area (TPSA) is 89.5 Å². The number of halogens is 1. The van der Waals surface area contributed by atoms with E-state index in [9.17, 15) is 4.79 Å². The van der Waals surface area contributed by atoms with E-state index in [-0.39, 0.29) is 29.9 Å². The number of guanidine groups is 1. The van der Waals surface area contributed by atoms with E-state index >= 15 is 0 Å². The zero-order valence-electron chi connectivity index (χ0n) is 17.4. The lowest BCUT2D eigenvalue weighted by atomic mass is 9.96. The van der Waals surface area contributed by atoms with Crippen molar-refractivity contribution in [1.29, 1.82) is 0 Å². The summed E-state index contributed by atoms with van der Waals surface area (Å²) in [7, 11) is 1.82. The number of hydrogen-bond acceptors (Lipinski definition) is 4. The third kappa shape index (κ3) is 5.30. The first-order valence-corrected chi connectivity index (χ1v) is 10.4. The lowest BCUT2D eigenvalue weighted by Gasteiger charge is -2.33. The first-order chi connectivity index (χ1) is 14.2. The Bertz CT molecular complexity index is 822. The van der Waals surface area contributed by atoms with Gasteiger partial charge in [-0.2, -0.15) is 5.10 Å². The number of likely N-dealkylation sites (tertiary alicyclic amines) is 1. The molecule has 1 aromatic heterocycles. The number of carbonyl (C=O) groups excluding carboxylic acids is 1. The highest BCUT2D eigenvalue weighted by Crippen LogP contribution is 2.25. The van der Waals surface area contributed by atoms with Gasteiger partial charge in [0.05, 0.1) is 0 Å². The summed E-state index contributed by atoms with van der Waals surface area (Å²) in [5, 5.41) is 10.4. The van der Waals surface area contributed by atoms with Crippen molar-refractivity contribution >= 4 is 35.8 Å². The molecule has 0 atom stereocenters. The van der Waals surface area contributed by atoms with E-state index < -0.39 is 0 Å². The minimum atomic E-state index is 0. The zero-order chi connectivity index (χ0) is 20.1. The summed E-state index contributed by atoms with van der Waals surface area (Å²) in [5.74, 6) is 2.57. The van der Waals surface area contributed by atoms with E-state index in [0.29, 0.717) is 12.3 Å². The molecule has 3 heterocycles. The molecule has 1 amide bonds. The van der Waals surface area contributed by atoms with Gasteiger partial charge in [-0.15, -0.1) is 24.0 Å². The summed E-state index contributed by atoms with van der Waals surface area (Å²) in [6, 6.07) is 8.30. The normalized spacial score (nSPS) is 16.9. The van der Waals surface area contributed by atoms with Gasteiger partial charge in [0, 0.05) is 52.1 Å². The molecule has 30 heavy (non-hydrogen) atoms. The van der Waals surface area contributed by atoms with Crippen LogP contribution in [-0.2, 0) is 17.9 Å². The highest BCUT2D eigenvalue weighted by atomic mass is 127. The predicted octanol–water partition coefficient (Wildman–Crippen LogP) is 2.50. The van der Waals surface area contributed by atoms with Crippen molar-refractivity contribution in [1.82, 2.24) is 30.3 Å². The third-order valence-electron chi connectivity index (χ3n) is 5.87. The van der Waals surface area contributed by atoms with E-state index in [0.717, 1.165) is 63.8 Å². The van der Waals surface area contributed by atoms with Gasteiger partial charge >= 0.3 is 0 Å². The van der Waals surface area contributed by atoms with Crippen molar-refractivity contribution in [2.45, 2.75) is 44.7 Å². The van der Waals surface area contributed by atoms with Crippen molar-refractivity contribution in [3.63, 3.8) is 0 Å². The Morgan fingerprint density at radius 2 is 1.90 bits per heavy atom. The van der Waals surface area contributed by atoms with Gasteiger partial charge in [-0.25, -0.2) is 4.98 Å². The second kappa shape index (κ2) is 10.7. The Labute approximate surface area is 194 Å². The summed E-state index contributed by atoms with van der Waals surface area (Å²) in [5.41, 5.74) is 2.54. The molecule has 162 valence electrons. The molecule has 0 aliphatic carbocycles. The highest BCUT2D eigenvalue weighted by Gasteiger charge is 2.25. The molecule has 2 N–H and O–H groups in total. The Kier molecular flexibility index (Phi) is 8.06. The zero-order valence-corrected chi connectivity index (χ0v) is 19.7. The fraction of sp³-hybridized carbons (Fsp3) is 0.524. The Morgan fingerprint density at radius 1 is 1.20 bits per heavy atom. The minimum Gasteiger partial charge on any atom is -0.356 e. The van der Waals surface area contributed by atoms with Gasteiger partial charge in [-0.3, -0.25) is 14.9 Å². The van der Waals surface area contributed by atoms with Gasteiger partial charge in [0.25, 0.3) is 0 Å². The van der Waals surface area contributed by atoms with Crippen molar-refractivity contribution in [3.8, 4) is 0 Å². The molecule has 1 fully saturated rings. The number of carbonyl (C=O) groups is 1. The molecule has 0 radical (unpaired) electrons. The molecule has 0 saturated carbocycles. The number of piperidine rings is 1. The van der Waals surface area contributed by atoms with Crippen LogP contribution in [0.15, 0.2) is 35.6 Å². The van der Waals surface area contributed by atoms with Gasteiger partial charge in [-0.1, -0.05) is 24.3 Å². The van der Waals surface area contributed by atoms with Gasteiger partial charge in [0.2, 0.25) is 5.91 Å². The van der Waals surface area contributed by atoms with Crippen LogP contribution in [0.4, 0.5) is 0 Å². The maximum absolute atomic E-state index is 12.5. The SMILES string of the molecule is CN=C(NCCCC(=O)N1Cc2ccccc2C1)N1CCC(c2ncn[nH]2)CC1.I. The van der Waals surface area contributed by atoms with E-state index in [1.165, 1.54) is 11.1 Å². The fourth-order valence-electron chi connectivity index (χ4n) is 4.22. The number of nitrogens with zero attached hydrogens (tertiary/aromatic N) is 5. The lowest BCUT2D eigenvalue weighted by molar-refractivity contribution is -0.131. The second-order valence-electron chi connectivity index (χ2n) is 7.73. The molecule has 0 bridgehead atoms. The summed E-state index contributed by atoms with van der Waals surface area (Å²) >= 11 is 0. The number of rotatable bonds is 5. The molecule has 9 heteroatoms. The lowest BCUT2D eigenvalue weighted by Crippen LogP contribution is -2.45. The average Bonchev–Trinajstić information content (AvgIpc) is 3.44. The van der Waals surface area contributed by atoms with Crippen LogP contribution in [0.5, 0.6) is 0 Å². The van der Waals surface area contributed by atoms with Crippen molar-refractivity contribution in [3.05, 3.63) is 47.5 Å². The summed E-state index contributed by atoms with van der Waals surface area (Å²) in [4.78, 5) is 25.5. The molecule has 2 aliphatic rings. The van der Waals surface area contributed by atoms with Crippen LogP contribution in [-0.4, -0.2) is 63.5 Å². The summed E-state index contributed by atoms with van der Waals surface area (Å²) < 4.78 is 0. The van der Waals surface area contributed by atoms with E-state index in [2.05, 4.69) is 42.5 Å². The molecular weight excluding hydrogens is 493 g/mol. The largest absolute Gasteiger partial charge is 0.356 e. The van der Waals surface area contributed by atoms with Crippen LogP contribution >= 0.6 is 24.0 Å². The molecule has 1 saturated heterocycles. The molecule has 2 aromatic rings.